The van der Waals surface area contributed by atoms with Crippen LogP contribution in [-0.4, -0.2) is 59.3 Å². The van der Waals surface area contributed by atoms with E-state index in [1.165, 1.54) is 7.05 Å². The van der Waals surface area contributed by atoms with Gasteiger partial charge in [-0.15, -0.1) is 0 Å². The normalized spacial score (nSPS) is 14.0. The summed E-state index contributed by atoms with van der Waals surface area (Å²) >= 11 is 0. The van der Waals surface area contributed by atoms with E-state index < -0.39 is 0 Å². The first-order chi connectivity index (χ1) is 13.7. The van der Waals surface area contributed by atoms with E-state index in [2.05, 4.69) is 40.8 Å². The standard InChI is InChI=1S/C18H20N8O2/c1-19-18(27)25-14-4-3-13-17(23-14)24-15(11-20-13)22-12-2-5-16(21-10-12)26-6-8-28-9-7-26/h2-5,10-11H,6-9H2,1H3,(H3,19,22,23,24,25,27). The Kier molecular flexibility index (Phi) is 5.11. The Hall–Kier alpha value is -3.53. The van der Waals surface area contributed by atoms with Crippen molar-refractivity contribution in [3.8, 4) is 0 Å². The van der Waals surface area contributed by atoms with E-state index >= 15 is 0 Å². The second-order valence-electron chi connectivity index (χ2n) is 6.13. The summed E-state index contributed by atoms with van der Waals surface area (Å²) in [5.74, 6) is 1.86. The number of carbonyl (C=O) groups is 1. The number of aromatic nitrogens is 4. The summed E-state index contributed by atoms with van der Waals surface area (Å²) in [6.07, 6.45) is 3.39. The van der Waals surface area contributed by atoms with Gasteiger partial charge in [0.25, 0.3) is 0 Å². The number of hydrogen-bond donors (Lipinski definition) is 3. The monoisotopic (exact) mass is 380 g/mol. The fourth-order valence-corrected chi connectivity index (χ4v) is 2.79. The van der Waals surface area contributed by atoms with Crippen LogP contribution in [0.3, 0.4) is 0 Å². The molecular weight excluding hydrogens is 360 g/mol. The third-order valence-electron chi connectivity index (χ3n) is 4.23. The minimum atomic E-state index is -0.347. The molecule has 0 saturated carbocycles. The summed E-state index contributed by atoms with van der Waals surface area (Å²) < 4.78 is 5.37. The SMILES string of the molecule is CNC(=O)Nc1ccc2ncc(Nc3ccc(N4CCOCC4)nc3)nc2n1. The predicted octanol–water partition coefficient (Wildman–Crippen LogP) is 1.75. The Morgan fingerprint density at radius 2 is 1.86 bits per heavy atom. The molecule has 4 rings (SSSR count). The zero-order chi connectivity index (χ0) is 19.3. The number of hydrogen-bond acceptors (Lipinski definition) is 8. The molecule has 1 aliphatic heterocycles. The molecule has 0 bridgehead atoms. The molecule has 3 aromatic heterocycles. The molecule has 2 amide bonds. The summed E-state index contributed by atoms with van der Waals surface area (Å²) in [7, 11) is 1.54. The fraction of sp³-hybridized carbons (Fsp3) is 0.278. The van der Waals surface area contributed by atoms with E-state index in [9.17, 15) is 4.79 Å². The van der Waals surface area contributed by atoms with E-state index in [1.54, 1.807) is 24.5 Å². The quantitative estimate of drug-likeness (QED) is 0.627. The number of amides is 2. The number of anilines is 4. The molecule has 28 heavy (non-hydrogen) atoms. The highest BCUT2D eigenvalue weighted by Gasteiger charge is 2.12. The molecular formula is C18H20N8O2. The van der Waals surface area contributed by atoms with Gasteiger partial charge >= 0.3 is 6.03 Å². The van der Waals surface area contributed by atoms with Crippen molar-refractivity contribution in [1.82, 2.24) is 25.3 Å². The van der Waals surface area contributed by atoms with Gasteiger partial charge in [-0.05, 0) is 24.3 Å². The van der Waals surface area contributed by atoms with E-state index in [1.807, 2.05) is 12.1 Å². The van der Waals surface area contributed by atoms with Gasteiger partial charge in [0.15, 0.2) is 11.5 Å². The first-order valence-electron chi connectivity index (χ1n) is 8.89. The second-order valence-corrected chi connectivity index (χ2v) is 6.13. The topological polar surface area (TPSA) is 117 Å². The molecule has 144 valence electrons. The van der Waals surface area contributed by atoms with Gasteiger partial charge in [0, 0.05) is 20.1 Å². The van der Waals surface area contributed by atoms with Crippen molar-refractivity contribution in [3.05, 3.63) is 36.7 Å². The highest BCUT2D eigenvalue weighted by molar-refractivity contribution is 5.89. The highest BCUT2D eigenvalue weighted by Crippen LogP contribution is 2.19. The van der Waals surface area contributed by atoms with Crippen molar-refractivity contribution < 1.29 is 9.53 Å². The van der Waals surface area contributed by atoms with Gasteiger partial charge in [-0.25, -0.2) is 24.7 Å². The van der Waals surface area contributed by atoms with Crippen molar-refractivity contribution in [2.75, 3.05) is 48.9 Å². The average Bonchev–Trinajstić information content (AvgIpc) is 2.74. The molecule has 1 saturated heterocycles. The van der Waals surface area contributed by atoms with Gasteiger partial charge in [-0.3, -0.25) is 5.32 Å². The van der Waals surface area contributed by atoms with Gasteiger partial charge in [-0.2, -0.15) is 0 Å². The lowest BCUT2D eigenvalue weighted by atomic mass is 10.3. The van der Waals surface area contributed by atoms with Crippen LogP contribution in [0.25, 0.3) is 11.2 Å². The third kappa shape index (κ3) is 4.07. The summed E-state index contributed by atoms with van der Waals surface area (Å²) in [5, 5.41) is 8.27. The van der Waals surface area contributed by atoms with Crippen LogP contribution in [0.1, 0.15) is 0 Å². The molecule has 0 radical (unpaired) electrons. The van der Waals surface area contributed by atoms with Crippen LogP contribution in [0.4, 0.5) is 27.9 Å². The molecule has 1 aliphatic rings. The number of fused-ring (bicyclic) bond motifs is 1. The molecule has 0 unspecified atom stereocenters. The van der Waals surface area contributed by atoms with Gasteiger partial charge < -0.3 is 20.3 Å². The maximum absolute atomic E-state index is 11.4. The lowest BCUT2D eigenvalue weighted by Gasteiger charge is -2.27. The van der Waals surface area contributed by atoms with Crippen molar-refractivity contribution >= 4 is 40.3 Å². The molecule has 4 heterocycles. The molecule has 0 aromatic carbocycles. The number of carbonyl (C=O) groups excluding carboxylic acids is 1. The zero-order valence-corrected chi connectivity index (χ0v) is 15.3. The maximum atomic E-state index is 11.4. The number of pyridine rings is 2. The molecule has 0 spiro atoms. The lowest BCUT2D eigenvalue weighted by molar-refractivity contribution is 0.122. The van der Waals surface area contributed by atoms with Crippen molar-refractivity contribution in [2.24, 2.45) is 0 Å². The summed E-state index contributed by atoms with van der Waals surface area (Å²) in [6, 6.07) is 6.99. The predicted molar refractivity (Wildman–Crippen MR) is 106 cm³/mol. The van der Waals surface area contributed by atoms with Crippen LogP contribution in [0.15, 0.2) is 36.7 Å². The highest BCUT2D eigenvalue weighted by atomic mass is 16.5. The number of urea groups is 1. The van der Waals surface area contributed by atoms with Crippen LogP contribution in [-0.2, 0) is 4.74 Å². The molecule has 3 aromatic rings. The number of nitrogens with one attached hydrogen (secondary N) is 3. The van der Waals surface area contributed by atoms with Gasteiger partial charge in [-0.1, -0.05) is 0 Å². The Morgan fingerprint density at radius 3 is 2.61 bits per heavy atom. The first-order valence-corrected chi connectivity index (χ1v) is 8.89. The lowest BCUT2D eigenvalue weighted by Crippen LogP contribution is -2.36. The summed E-state index contributed by atoms with van der Waals surface area (Å²) in [4.78, 5) is 31.3. The summed E-state index contributed by atoms with van der Waals surface area (Å²) in [6.45, 7) is 3.12. The van der Waals surface area contributed by atoms with Crippen molar-refractivity contribution in [2.45, 2.75) is 0 Å². The van der Waals surface area contributed by atoms with Gasteiger partial charge in [0.1, 0.15) is 17.2 Å². The number of nitrogens with zero attached hydrogens (tertiary/aromatic N) is 5. The molecule has 10 nitrogen and oxygen atoms in total. The van der Waals surface area contributed by atoms with Crippen LogP contribution in [0.5, 0.6) is 0 Å². The molecule has 3 N–H and O–H groups in total. The average molecular weight is 380 g/mol. The maximum Gasteiger partial charge on any atom is 0.320 e. The summed E-state index contributed by atoms with van der Waals surface area (Å²) in [5.41, 5.74) is 1.86. The second kappa shape index (κ2) is 8.01. The Bertz CT molecular complexity index is 973. The Balaban J connectivity index is 1.49. The fourth-order valence-electron chi connectivity index (χ4n) is 2.79. The third-order valence-corrected chi connectivity index (χ3v) is 4.23. The zero-order valence-electron chi connectivity index (χ0n) is 15.3. The first kappa shape index (κ1) is 17.9. The minimum Gasteiger partial charge on any atom is -0.378 e. The van der Waals surface area contributed by atoms with Gasteiger partial charge in [0.2, 0.25) is 0 Å². The van der Waals surface area contributed by atoms with E-state index in [0.717, 1.165) is 37.8 Å². The molecule has 0 aliphatic carbocycles. The van der Waals surface area contributed by atoms with E-state index in [4.69, 9.17) is 4.74 Å². The van der Waals surface area contributed by atoms with Crippen LogP contribution in [0.2, 0.25) is 0 Å². The Morgan fingerprint density at radius 1 is 1.04 bits per heavy atom. The number of morpholine rings is 1. The van der Waals surface area contributed by atoms with Crippen LogP contribution < -0.4 is 20.9 Å². The van der Waals surface area contributed by atoms with Crippen LogP contribution in [0, 0.1) is 0 Å². The largest absolute Gasteiger partial charge is 0.378 e. The minimum absolute atomic E-state index is 0.347. The van der Waals surface area contributed by atoms with Crippen LogP contribution >= 0.6 is 0 Å². The molecule has 10 heteroatoms. The van der Waals surface area contributed by atoms with Crippen molar-refractivity contribution in [1.29, 1.82) is 0 Å². The Labute approximate surface area is 161 Å². The van der Waals surface area contributed by atoms with Crippen molar-refractivity contribution in [3.63, 3.8) is 0 Å². The van der Waals surface area contributed by atoms with E-state index in [0.29, 0.717) is 22.8 Å². The van der Waals surface area contributed by atoms with E-state index in [-0.39, 0.29) is 6.03 Å². The number of rotatable bonds is 4. The number of ether oxygens (including phenoxy) is 1. The molecule has 1 fully saturated rings. The molecule has 0 atom stereocenters. The smallest absolute Gasteiger partial charge is 0.320 e. The van der Waals surface area contributed by atoms with Gasteiger partial charge in [0.05, 0.1) is 31.3 Å².